The fourth-order valence-corrected chi connectivity index (χ4v) is 2.59. The van der Waals surface area contributed by atoms with Crippen molar-refractivity contribution in [3.63, 3.8) is 0 Å². The summed E-state index contributed by atoms with van der Waals surface area (Å²) in [7, 11) is 1.53. The van der Waals surface area contributed by atoms with Gasteiger partial charge in [-0.1, -0.05) is 0 Å². The highest BCUT2D eigenvalue weighted by Gasteiger charge is 2.21. The predicted octanol–water partition coefficient (Wildman–Crippen LogP) is 1.84. The lowest BCUT2D eigenvalue weighted by atomic mass is 10.3. The average molecular weight is 364 g/mol. The molecule has 114 valence electrons. The molecule has 1 aliphatic heterocycles. The van der Waals surface area contributed by atoms with Crippen molar-refractivity contribution < 1.29 is 9.53 Å². The molecule has 0 saturated carbocycles. The number of hydrogen-bond donors (Lipinski definition) is 2. The molecule has 3 rings (SSSR count). The van der Waals surface area contributed by atoms with E-state index >= 15 is 0 Å². The molecule has 0 spiro atoms. The van der Waals surface area contributed by atoms with Gasteiger partial charge in [-0.3, -0.25) is 9.98 Å². The number of ether oxygens (including phenoxy) is 1. The summed E-state index contributed by atoms with van der Waals surface area (Å²) in [6.45, 7) is 1.16. The van der Waals surface area contributed by atoms with Crippen LogP contribution < -0.4 is 20.4 Å². The first kappa shape index (κ1) is 14.6. The molecule has 0 fully saturated rings. The number of aromatic nitrogens is 2. The molecule has 2 N–H and O–H groups in total. The zero-order chi connectivity index (χ0) is 15.7. The highest BCUT2D eigenvalue weighted by atomic mass is 79.9. The van der Waals surface area contributed by atoms with Crippen molar-refractivity contribution in [3.8, 4) is 5.75 Å². The standard InChI is InChI=1S/C14H14BrN5O2/c1-17-14(21)20-3-2-10(7-12(20)16)19-4-5-22-11-6-9(15)8-18-13(11)19/h2-3,6-8,16H,4-5H2,1H3,(H,17,21). The van der Waals surface area contributed by atoms with Crippen LogP contribution in [0.5, 0.6) is 5.75 Å². The predicted molar refractivity (Wildman–Crippen MR) is 84.6 cm³/mol. The van der Waals surface area contributed by atoms with E-state index < -0.39 is 0 Å². The summed E-state index contributed by atoms with van der Waals surface area (Å²) in [5.74, 6) is 1.39. The maximum Gasteiger partial charge on any atom is 0.326 e. The second-order valence-electron chi connectivity index (χ2n) is 4.67. The van der Waals surface area contributed by atoms with Gasteiger partial charge in [-0.25, -0.2) is 9.78 Å². The molecular formula is C14H14BrN5O2. The Morgan fingerprint density at radius 1 is 1.50 bits per heavy atom. The Morgan fingerprint density at radius 3 is 3.05 bits per heavy atom. The molecule has 1 amide bonds. The van der Waals surface area contributed by atoms with Crippen molar-refractivity contribution >= 4 is 33.5 Å². The van der Waals surface area contributed by atoms with Gasteiger partial charge in [0.2, 0.25) is 0 Å². The molecule has 7 nitrogen and oxygen atoms in total. The van der Waals surface area contributed by atoms with Gasteiger partial charge in [-0.05, 0) is 28.1 Å². The van der Waals surface area contributed by atoms with E-state index in [9.17, 15) is 4.79 Å². The van der Waals surface area contributed by atoms with Crippen LogP contribution in [0.1, 0.15) is 0 Å². The molecule has 8 heteroatoms. The molecule has 3 heterocycles. The summed E-state index contributed by atoms with van der Waals surface area (Å²) in [4.78, 5) is 18.0. The molecule has 0 atom stereocenters. The van der Waals surface area contributed by atoms with Gasteiger partial charge < -0.3 is 15.0 Å². The van der Waals surface area contributed by atoms with Crippen LogP contribution in [-0.2, 0) is 0 Å². The second-order valence-corrected chi connectivity index (χ2v) is 5.59. The van der Waals surface area contributed by atoms with Crippen LogP contribution in [0.4, 0.5) is 16.3 Å². The summed E-state index contributed by atoms with van der Waals surface area (Å²) in [6.07, 6.45) is 3.28. The van der Waals surface area contributed by atoms with Crippen molar-refractivity contribution in [2.75, 3.05) is 25.1 Å². The van der Waals surface area contributed by atoms with Gasteiger partial charge in [0, 0.05) is 35.7 Å². The minimum absolute atomic E-state index is 0.0991. The molecule has 0 saturated heterocycles. The molecular weight excluding hydrogens is 350 g/mol. The van der Waals surface area contributed by atoms with Crippen molar-refractivity contribution in [2.45, 2.75) is 0 Å². The number of carbonyl (C=O) groups excluding carboxylic acids is 1. The first-order chi connectivity index (χ1) is 10.6. The van der Waals surface area contributed by atoms with Crippen LogP contribution in [0, 0.1) is 5.41 Å². The third-order valence-corrected chi connectivity index (χ3v) is 3.74. The molecule has 1 aliphatic rings. The van der Waals surface area contributed by atoms with E-state index in [2.05, 4.69) is 26.2 Å². The van der Waals surface area contributed by atoms with E-state index in [1.807, 2.05) is 11.0 Å². The fraction of sp³-hybridized carbons (Fsp3) is 0.214. The quantitative estimate of drug-likeness (QED) is 0.809. The maximum absolute atomic E-state index is 11.6. The number of nitrogens with zero attached hydrogens (tertiary/aromatic N) is 3. The minimum atomic E-state index is -0.346. The Labute approximate surface area is 135 Å². The number of nitrogens with one attached hydrogen (secondary N) is 2. The fourth-order valence-electron chi connectivity index (χ4n) is 2.28. The van der Waals surface area contributed by atoms with Gasteiger partial charge in [-0.15, -0.1) is 0 Å². The summed E-state index contributed by atoms with van der Waals surface area (Å²) in [6, 6.07) is 4.94. The lowest BCUT2D eigenvalue weighted by molar-refractivity contribution is 0.243. The molecule has 2 aromatic heterocycles. The van der Waals surface area contributed by atoms with Gasteiger partial charge in [0.15, 0.2) is 11.6 Å². The highest BCUT2D eigenvalue weighted by molar-refractivity contribution is 9.10. The van der Waals surface area contributed by atoms with E-state index in [1.54, 1.807) is 24.5 Å². The topological polar surface area (TPSA) is 83.2 Å². The molecule has 22 heavy (non-hydrogen) atoms. The van der Waals surface area contributed by atoms with Gasteiger partial charge in [0.25, 0.3) is 0 Å². The number of fused-ring (bicyclic) bond motifs is 1. The van der Waals surface area contributed by atoms with Crippen LogP contribution in [-0.4, -0.2) is 35.8 Å². The molecule has 2 aromatic rings. The lowest BCUT2D eigenvalue weighted by Crippen LogP contribution is -2.35. The van der Waals surface area contributed by atoms with Crippen molar-refractivity contribution in [1.82, 2.24) is 14.9 Å². The molecule has 0 aromatic carbocycles. The number of rotatable bonds is 1. The lowest BCUT2D eigenvalue weighted by Gasteiger charge is -2.30. The van der Waals surface area contributed by atoms with Gasteiger partial charge in [0.05, 0.1) is 6.54 Å². The van der Waals surface area contributed by atoms with Crippen LogP contribution in [0.3, 0.4) is 0 Å². The van der Waals surface area contributed by atoms with Crippen LogP contribution in [0.25, 0.3) is 0 Å². The van der Waals surface area contributed by atoms with Crippen molar-refractivity contribution in [3.05, 3.63) is 40.6 Å². The van der Waals surface area contributed by atoms with E-state index in [4.69, 9.17) is 10.1 Å². The normalized spacial score (nSPS) is 13.3. The summed E-state index contributed by atoms with van der Waals surface area (Å²) in [5, 5.41) is 10.5. The van der Waals surface area contributed by atoms with E-state index in [0.717, 1.165) is 10.2 Å². The van der Waals surface area contributed by atoms with E-state index in [-0.39, 0.29) is 11.5 Å². The average Bonchev–Trinajstić information content (AvgIpc) is 2.53. The van der Waals surface area contributed by atoms with Crippen LogP contribution >= 0.6 is 15.9 Å². The van der Waals surface area contributed by atoms with Crippen LogP contribution in [0.15, 0.2) is 35.1 Å². The number of pyridine rings is 2. The second kappa shape index (κ2) is 5.80. The molecule has 0 radical (unpaired) electrons. The zero-order valence-corrected chi connectivity index (χ0v) is 13.4. The Hall–Kier alpha value is -2.35. The SMILES string of the molecule is CNC(=O)n1ccc(N2CCOc3cc(Br)cnc32)cc1=N. The monoisotopic (exact) mass is 363 g/mol. The molecule has 0 aliphatic carbocycles. The van der Waals surface area contributed by atoms with Gasteiger partial charge in [-0.2, -0.15) is 0 Å². The third-order valence-electron chi connectivity index (χ3n) is 3.31. The third kappa shape index (κ3) is 2.57. The molecule has 0 bridgehead atoms. The number of carbonyl (C=O) groups is 1. The van der Waals surface area contributed by atoms with E-state index in [0.29, 0.717) is 24.7 Å². The smallest absolute Gasteiger partial charge is 0.326 e. The number of hydrogen-bond acceptors (Lipinski definition) is 5. The van der Waals surface area contributed by atoms with Gasteiger partial charge >= 0.3 is 6.03 Å². The summed E-state index contributed by atoms with van der Waals surface area (Å²) in [5.41, 5.74) is 0.895. The summed E-state index contributed by atoms with van der Waals surface area (Å²) < 4.78 is 7.70. The maximum atomic E-state index is 11.6. The Morgan fingerprint density at radius 2 is 2.32 bits per heavy atom. The minimum Gasteiger partial charge on any atom is -0.488 e. The van der Waals surface area contributed by atoms with Crippen LogP contribution in [0.2, 0.25) is 0 Å². The van der Waals surface area contributed by atoms with Crippen molar-refractivity contribution in [2.24, 2.45) is 0 Å². The largest absolute Gasteiger partial charge is 0.488 e. The first-order valence-corrected chi connectivity index (χ1v) is 7.44. The number of anilines is 2. The molecule has 0 unspecified atom stereocenters. The number of halogens is 1. The Balaban J connectivity index is 2.01. The van der Waals surface area contributed by atoms with Gasteiger partial charge in [0.1, 0.15) is 12.1 Å². The zero-order valence-electron chi connectivity index (χ0n) is 11.8. The highest BCUT2D eigenvalue weighted by Crippen LogP contribution is 2.35. The Bertz CT molecular complexity index is 789. The van der Waals surface area contributed by atoms with Crippen molar-refractivity contribution in [1.29, 1.82) is 5.41 Å². The number of amides is 1. The Kier molecular flexibility index (Phi) is 3.84. The first-order valence-electron chi connectivity index (χ1n) is 6.65. The summed E-state index contributed by atoms with van der Waals surface area (Å²) >= 11 is 3.37. The van der Waals surface area contributed by atoms with E-state index in [1.165, 1.54) is 11.6 Å².